The molecule has 0 aromatic heterocycles. The molecule has 6 nitrogen and oxygen atoms in total. The highest BCUT2D eigenvalue weighted by atomic mass is 16.5. The van der Waals surface area contributed by atoms with Gasteiger partial charge in [0, 0.05) is 12.8 Å². The van der Waals surface area contributed by atoms with Gasteiger partial charge in [-0.05, 0) is 83.5 Å². The summed E-state index contributed by atoms with van der Waals surface area (Å²) >= 11 is 0. The SMILES string of the molecule is CCCCC/C=C\C/C=C\CCCCCCCCCC(=O)OCCCCCCCC/C=C\C/C=C\CCC(=O)NC(CO)C(O)/C=C/CCCCCCCCCCC. The summed E-state index contributed by atoms with van der Waals surface area (Å²) in [7, 11) is 0. The second kappa shape index (κ2) is 47.2. The minimum atomic E-state index is -0.879. The van der Waals surface area contributed by atoms with Crippen molar-refractivity contribution in [3.05, 3.63) is 60.8 Å². The molecule has 2 atom stereocenters. The summed E-state index contributed by atoms with van der Waals surface area (Å²) in [5, 5.41) is 22.9. The van der Waals surface area contributed by atoms with Crippen molar-refractivity contribution in [1.29, 1.82) is 0 Å². The molecule has 0 heterocycles. The van der Waals surface area contributed by atoms with Crippen LogP contribution in [-0.2, 0) is 14.3 Å². The Kier molecular flexibility index (Phi) is 45.3. The first-order valence-corrected chi connectivity index (χ1v) is 24.6. The van der Waals surface area contributed by atoms with Gasteiger partial charge in [0.2, 0.25) is 5.91 Å². The number of nitrogens with one attached hydrogen (secondary N) is 1. The molecule has 0 bridgehead atoms. The molecule has 3 N–H and O–H groups in total. The summed E-state index contributed by atoms with van der Waals surface area (Å²) in [4.78, 5) is 24.4. The van der Waals surface area contributed by atoms with E-state index in [1.165, 1.54) is 141 Å². The lowest BCUT2D eigenvalue weighted by Crippen LogP contribution is -2.45. The molecule has 0 aromatic rings. The first-order chi connectivity index (χ1) is 28.5. The molecule has 58 heavy (non-hydrogen) atoms. The van der Waals surface area contributed by atoms with Crippen molar-refractivity contribution in [2.45, 2.75) is 244 Å². The highest BCUT2D eigenvalue weighted by Gasteiger charge is 2.17. The fraction of sp³-hybridized carbons (Fsp3) is 0.769. The molecule has 0 spiro atoms. The smallest absolute Gasteiger partial charge is 0.305 e. The quantitative estimate of drug-likeness (QED) is 0.0323. The first kappa shape index (κ1) is 55.6. The molecule has 0 saturated heterocycles. The Morgan fingerprint density at radius 1 is 0.483 bits per heavy atom. The average molecular weight is 812 g/mol. The van der Waals surface area contributed by atoms with E-state index in [2.05, 4.69) is 61.7 Å². The topological polar surface area (TPSA) is 95.9 Å². The molecule has 0 fully saturated rings. The van der Waals surface area contributed by atoms with Gasteiger partial charge in [-0.2, -0.15) is 0 Å². The Morgan fingerprint density at radius 2 is 0.879 bits per heavy atom. The summed E-state index contributed by atoms with van der Waals surface area (Å²) in [5.41, 5.74) is 0. The maximum Gasteiger partial charge on any atom is 0.305 e. The lowest BCUT2D eigenvalue weighted by molar-refractivity contribution is -0.143. The van der Waals surface area contributed by atoms with Gasteiger partial charge >= 0.3 is 5.97 Å². The Hall–Kier alpha value is -2.44. The predicted octanol–water partition coefficient (Wildman–Crippen LogP) is 14.5. The van der Waals surface area contributed by atoms with Crippen LogP contribution in [0.25, 0.3) is 0 Å². The third-order valence-electron chi connectivity index (χ3n) is 10.8. The monoisotopic (exact) mass is 812 g/mol. The Bertz CT molecular complexity index is 1030. The van der Waals surface area contributed by atoms with E-state index >= 15 is 0 Å². The summed E-state index contributed by atoms with van der Waals surface area (Å²) in [6.07, 6.45) is 59.4. The lowest BCUT2D eigenvalue weighted by atomic mass is 10.1. The average Bonchev–Trinajstić information content (AvgIpc) is 3.22. The highest BCUT2D eigenvalue weighted by Crippen LogP contribution is 2.13. The largest absolute Gasteiger partial charge is 0.466 e. The summed E-state index contributed by atoms with van der Waals surface area (Å²) in [6, 6.07) is -0.672. The van der Waals surface area contributed by atoms with Gasteiger partial charge in [0.1, 0.15) is 0 Å². The summed E-state index contributed by atoms with van der Waals surface area (Å²) < 4.78 is 5.45. The van der Waals surface area contributed by atoms with Gasteiger partial charge in [-0.3, -0.25) is 9.59 Å². The van der Waals surface area contributed by atoms with Crippen LogP contribution in [0.4, 0.5) is 0 Å². The molecular formula is C52H93NO5. The van der Waals surface area contributed by atoms with Gasteiger partial charge in [0.05, 0.1) is 25.4 Å². The van der Waals surface area contributed by atoms with Crippen molar-refractivity contribution in [2.75, 3.05) is 13.2 Å². The van der Waals surface area contributed by atoms with Crippen molar-refractivity contribution in [3.8, 4) is 0 Å². The van der Waals surface area contributed by atoms with Crippen LogP contribution in [0.15, 0.2) is 60.8 Å². The van der Waals surface area contributed by atoms with E-state index in [1.807, 2.05) is 12.2 Å². The number of allylic oxidation sites excluding steroid dienone is 9. The van der Waals surface area contributed by atoms with Gasteiger partial charge < -0.3 is 20.3 Å². The van der Waals surface area contributed by atoms with Crippen molar-refractivity contribution >= 4 is 11.9 Å². The third kappa shape index (κ3) is 43.1. The second-order valence-corrected chi connectivity index (χ2v) is 16.4. The van der Waals surface area contributed by atoms with Gasteiger partial charge in [-0.1, -0.05) is 197 Å². The number of rotatable bonds is 44. The van der Waals surface area contributed by atoms with Crippen LogP contribution >= 0.6 is 0 Å². The third-order valence-corrected chi connectivity index (χ3v) is 10.8. The minimum absolute atomic E-state index is 0.0279. The molecule has 336 valence electrons. The molecule has 0 aliphatic carbocycles. The molecule has 0 aliphatic heterocycles. The van der Waals surface area contributed by atoms with E-state index in [1.54, 1.807) is 6.08 Å². The fourth-order valence-corrected chi connectivity index (χ4v) is 6.95. The number of amides is 1. The van der Waals surface area contributed by atoms with E-state index in [9.17, 15) is 19.8 Å². The van der Waals surface area contributed by atoms with Gasteiger partial charge in [0.15, 0.2) is 0 Å². The molecule has 0 radical (unpaired) electrons. The van der Waals surface area contributed by atoms with Crippen LogP contribution in [0.3, 0.4) is 0 Å². The number of aliphatic hydroxyl groups excluding tert-OH is 2. The van der Waals surface area contributed by atoms with Crippen molar-refractivity contribution in [3.63, 3.8) is 0 Å². The van der Waals surface area contributed by atoms with Crippen LogP contribution in [0.1, 0.15) is 232 Å². The molecule has 2 unspecified atom stereocenters. The van der Waals surface area contributed by atoms with Crippen LogP contribution in [-0.4, -0.2) is 47.4 Å². The molecule has 0 saturated carbocycles. The lowest BCUT2D eigenvalue weighted by Gasteiger charge is -2.19. The Morgan fingerprint density at radius 3 is 1.38 bits per heavy atom. The zero-order valence-corrected chi connectivity index (χ0v) is 38.0. The number of unbranched alkanes of at least 4 members (excludes halogenated alkanes) is 25. The number of carbonyl (C=O) groups excluding carboxylic acids is 2. The van der Waals surface area contributed by atoms with E-state index in [4.69, 9.17) is 4.74 Å². The van der Waals surface area contributed by atoms with Crippen LogP contribution in [0.5, 0.6) is 0 Å². The normalized spacial score (nSPS) is 13.2. The maximum atomic E-state index is 12.3. The Balaban J connectivity index is 3.58. The standard InChI is InChI=1S/C52H93NO5/c1-3-5-7-9-11-13-15-16-17-18-19-22-26-30-34-38-42-46-52(57)58-47-43-39-35-31-27-23-20-21-25-29-33-37-41-45-51(56)53-49(48-54)50(55)44-40-36-32-28-24-14-12-10-8-6-4-2/h11,13,16-17,21,25,33,37,40,44,49-50,54-55H,3-10,12,14-15,18-20,22-24,26-32,34-36,38-39,41-43,45-48H2,1-2H3,(H,53,56)/b13-11-,17-16-,25-21-,37-33-,44-40+. The fourth-order valence-electron chi connectivity index (χ4n) is 6.95. The summed E-state index contributed by atoms with van der Waals surface area (Å²) in [5.74, 6) is -0.181. The van der Waals surface area contributed by atoms with Gasteiger partial charge in [0.25, 0.3) is 0 Å². The summed E-state index contributed by atoms with van der Waals surface area (Å²) in [6.45, 7) is 4.77. The van der Waals surface area contributed by atoms with E-state index in [-0.39, 0.29) is 18.5 Å². The van der Waals surface area contributed by atoms with E-state index in [0.29, 0.717) is 25.9 Å². The van der Waals surface area contributed by atoms with E-state index < -0.39 is 12.1 Å². The zero-order chi connectivity index (χ0) is 42.3. The van der Waals surface area contributed by atoms with E-state index in [0.717, 1.165) is 57.8 Å². The van der Waals surface area contributed by atoms with Crippen LogP contribution < -0.4 is 5.32 Å². The molecule has 6 heteroatoms. The molecular weight excluding hydrogens is 719 g/mol. The highest BCUT2D eigenvalue weighted by molar-refractivity contribution is 5.76. The number of carbonyl (C=O) groups is 2. The number of hydrogen-bond donors (Lipinski definition) is 3. The molecule has 0 aliphatic rings. The van der Waals surface area contributed by atoms with Crippen molar-refractivity contribution in [2.24, 2.45) is 0 Å². The van der Waals surface area contributed by atoms with Crippen molar-refractivity contribution < 1.29 is 24.5 Å². The van der Waals surface area contributed by atoms with Crippen molar-refractivity contribution in [1.82, 2.24) is 5.32 Å². The Labute approximate surface area is 358 Å². The molecule has 0 rings (SSSR count). The van der Waals surface area contributed by atoms with Crippen LogP contribution in [0.2, 0.25) is 0 Å². The van der Waals surface area contributed by atoms with Crippen LogP contribution in [0, 0.1) is 0 Å². The zero-order valence-electron chi connectivity index (χ0n) is 38.0. The minimum Gasteiger partial charge on any atom is -0.466 e. The molecule has 1 amide bonds. The van der Waals surface area contributed by atoms with Gasteiger partial charge in [-0.25, -0.2) is 0 Å². The molecule has 0 aromatic carbocycles. The number of esters is 1. The first-order valence-electron chi connectivity index (χ1n) is 24.6. The maximum absolute atomic E-state index is 12.3. The van der Waals surface area contributed by atoms with Gasteiger partial charge in [-0.15, -0.1) is 0 Å². The number of aliphatic hydroxyl groups is 2. The number of hydrogen-bond acceptors (Lipinski definition) is 5. The second-order valence-electron chi connectivity index (χ2n) is 16.4. The predicted molar refractivity (Wildman–Crippen MR) is 250 cm³/mol. The number of ether oxygens (including phenoxy) is 1.